The molecule has 5 heteroatoms. The van der Waals surface area contributed by atoms with Gasteiger partial charge in [0.15, 0.2) is 0 Å². The smallest absolute Gasteiger partial charge is 0.143 e. The van der Waals surface area contributed by atoms with Crippen LogP contribution in [-0.2, 0) is 0 Å². The lowest BCUT2D eigenvalue weighted by molar-refractivity contribution is 0.475. The molecular formula is C18H18Cl2N2O. The van der Waals surface area contributed by atoms with Crippen molar-refractivity contribution in [3.8, 4) is 5.75 Å². The third kappa shape index (κ3) is 3.98. The van der Waals surface area contributed by atoms with E-state index in [0.717, 1.165) is 18.8 Å². The van der Waals surface area contributed by atoms with Gasteiger partial charge in [0.2, 0.25) is 0 Å². The molecular weight excluding hydrogens is 331 g/mol. The lowest BCUT2D eigenvalue weighted by Gasteiger charge is -2.28. The van der Waals surface area contributed by atoms with E-state index in [1.165, 1.54) is 31.0 Å². The summed E-state index contributed by atoms with van der Waals surface area (Å²) in [7, 11) is 0. The molecule has 0 bridgehead atoms. The first-order valence-corrected chi connectivity index (χ1v) is 8.46. The average molecular weight is 349 g/mol. The molecule has 1 aliphatic heterocycles. The summed E-state index contributed by atoms with van der Waals surface area (Å²) in [6, 6.07) is 11.3. The molecule has 3 nitrogen and oxygen atoms in total. The number of aliphatic imine (C=N–C) groups is 1. The van der Waals surface area contributed by atoms with Crippen molar-refractivity contribution in [3.63, 3.8) is 0 Å². The number of benzene rings is 2. The van der Waals surface area contributed by atoms with Crippen LogP contribution in [0.25, 0.3) is 0 Å². The Balaban J connectivity index is 1.75. The van der Waals surface area contributed by atoms with Crippen LogP contribution in [0.5, 0.6) is 5.75 Å². The first kappa shape index (κ1) is 16.2. The number of hydrogen-bond donors (Lipinski definition) is 1. The third-order valence-electron chi connectivity index (χ3n) is 3.98. The Morgan fingerprint density at radius 2 is 1.70 bits per heavy atom. The Hall–Kier alpha value is -1.71. The molecule has 1 fully saturated rings. The maximum atomic E-state index is 9.93. The van der Waals surface area contributed by atoms with Gasteiger partial charge in [0.05, 0.1) is 10.7 Å². The second-order valence-corrected chi connectivity index (χ2v) is 6.49. The summed E-state index contributed by atoms with van der Waals surface area (Å²) in [4.78, 5) is 6.79. The molecule has 120 valence electrons. The Morgan fingerprint density at radius 1 is 1.00 bits per heavy atom. The van der Waals surface area contributed by atoms with Crippen LogP contribution in [0.3, 0.4) is 0 Å². The number of phenols is 1. The van der Waals surface area contributed by atoms with Gasteiger partial charge in [-0.2, -0.15) is 0 Å². The van der Waals surface area contributed by atoms with E-state index in [2.05, 4.69) is 22.0 Å². The minimum absolute atomic E-state index is 0.00949. The van der Waals surface area contributed by atoms with Crippen LogP contribution in [0.15, 0.2) is 41.4 Å². The first-order valence-electron chi connectivity index (χ1n) is 7.70. The Kier molecular flexibility index (Phi) is 5.09. The second kappa shape index (κ2) is 7.24. The maximum absolute atomic E-state index is 9.93. The van der Waals surface area contributed by atoms with Gasteiger partial charge in [-0.15, -0.1) is 0 Å². The van der Waals surface area contributed by atoms with E-state index < -0.39 is 0 Å². The Labute approximate surface area is 146 Å². The monoisotopic (exact) mass is 348 g/mol. The van der Waals surface area contributed by atoms with Gasteiger partial charge < -0.3 is 10.0 Å². The molecule has 0 amide bonds. The molecule has 0 aliphatic carbocycles. The van der Waals surface area contributed by atoms with Crippen molar-refractivity contribution in [1.82, 2.24) is 0 Å². The zero-order chi connectivity index (χ0) is 16.2. The van der Waals surface area contributed by atoms with Gasteiger partial charge in [-0.3, -0.25) is 4.99 Å². The molecule has 0 spiro atoms. The molecule has 1 aliphatic rings. The van der Waals surface area contributed by atoms with E-state index in [9.17, 15) is 5.11 Å². The highest BCUT2D eigenvalue weighted by atomic mass is 35.5. The van der Waals surface area contributed by atoms with Crippen LogP contribution < -0.4 is 4.90 Å². The number of halogens is 2. The number of hydrogen-bond acceptors (Lipinski definition) is 3. The van der Waals surface area contributed by atoms with E-state index in [0.29, 0.717) is 10.6 Å². The normalized spacial score (nSPS) is 15.3. The van der Waals surface area contributed by atoms with Crippen molar-refractivity contribution < 1.29 is 5.11 Å². The fourth-order valence-electron chi connectivity index (χ4n) is 2.73. The van der Waals surface area contributed by atoms with Crippen LogP contribution in [0.4, 0.5) is 11.4 Å². The number of rotatable bonds is 3. The predicted octanol–water partition coefficient (Wildman–Crippen LogP) is 5.44. The molecule has 1 saturated heterocycles. The summed E-state index contributed by atoms with van der Waals surface area (Å²) >= 11 is 11.9. The van der Waals surface area contributed by atoms with Gasteiger partial charge in [0.1, 0.15) is 5.75 Å². The van der Waals surface area contributed by atoms with Crippen molar-refractivity contribution in [2.75, 3.05) is 18.0 Å². The molecule has 23 heavy (non-hydrogen) atoms. The standard InChI is InChI=1S/C18H18Cl2N2O/c19-14-10-13(18(23)17(20)11-14)12-21-15-4-6-16(7-5-15)22-8-2-1-3-9-22/h4-7,10-12,23H,1-3,8-9H2. The quantitative estimate of drug-likeness (QED) is 0.749. The molecule has 2 aromatic carbocycles. The largest absolute Gasteiger partial charge is 0.506 e. The number of nitrogens with zero attached hydrogens (tertiary/aromatic N) is 2. The Morgan fingerprint density at radius 3 is 2.39 bits per heavy atom. The van der Waals surface area contributed by atoms with E-state index in [1.54, 1.807) is 12.3 Å². The van der Waals surface area contributed by atoms with Crippen LogP contribution in [0.2, 0.25) is 10.0 Å². The SMILES string of the molecule is Oc1c(Cl)cc(Cl)cc1C=Nc1ccc(N2CCCCC2)cc1. The molecule has 0 saturated carbocycles. The van der Waals surface area contributed by atoms with Gasteiger partial charge >= 0.3 is 0 Å². The van der Waals surface area contributed by atoms with Crippen molar-refractivity contribution in [1.29, 1.82) is 0 Å². The summed E-state index contributed by atoms with van der Waals surface area (Å²) in [6.07, 6.45) is 5.41. The molecule has 2 aromatic rings. The average Bonchev–Trinajstić information content (AvgIpc) is 2.58. The van der Waals surface area contributed by atoms with Crippen molar-refractivity contribution in [2.24, 2.45) is 4.99 Å². The lowest BCUT2D eigenvalue weighted by atomic mass is 10.1. The molecule has 0 radical (unpaired) electrons. The van der Waals surface area contributed by atoms with Crippen molar-refractivity contribution in [2.45, 2.75) is 19.3 Å². The van der Waals surface area contributed by atoms with Gasteiger partial charge in [-0.1, -0.05) is 23.2 Å². The molecule has 3 rings (SSSR count). The highest BCUT2D eigenvalue weighted by molar-refractivity contribution is 6.36. The third-order valence-corrected chi connectivity index (χ3v) is 4.49. The number of anilines is 1. The van der Waals surface area contributed by atoms with Gasteiger partial charge in [0.25, 0.3) is 0 Å². The fraction of sp³-hybridized carbons (Fsp3) is 0.278. The van der Waals surface area contributed by atoms with Crippen molar-refractivity contribution >= 4 is 40.8 Å². The lowest BCUT2D eigenvalue weighted by Crippen LogP contribution is -2.29. The second-order valence-electron chi connectivity index (χ2n) is 5.65. The molecule has 0 aromatic heterocycles. The number of piperidine rings is 1. The highest BCUT2D eigenvalue weighted by Crippen LogP contribution is 2.30. The minimum Gasteiger partial charge on any atom is -0.506 e. The minimum atomic E-state index is -0.00949. The first-order chi connectivity index (χ1) is 11.1. The van der Waals surface area contributed by atoms with Gasteiger partial charge in [-0.05, 0) is 55.7 Å². The zero-order valence-electron chi connectivity index (χ0n) is 12.7. The molecule has 1 heterocycles. The number of aromatic hydroxyl groups is 1. The molecule has 0 unspecified atom stereocenters. The summed E-state index contributed by atoms with van der Waals surface area (Å²) in [6.45, 7) is 2.25. The van der Waals surface area contributed by atoms with Gasteiger partial charge in [-0.25, -0.2) is 0 Å². The van der Waals surface area contributed by atoms with Gasteiger partial charge in [0, 0.05) is 35.6 Å². The van der Waals surface area contributed by atoms with E-state index in [4.69, 9.17) is 23.2 Å². The molecule has 1 N–H and O–H groups in total. The van der Waals surface area contributed by atoms with E-state index in [-0.39, 0.29) is 10.8 Å². The maximum Gasteiger partial charge on any atom is 0.143 e. The summed E-state index contributed by atoms with van der Waals surface area (Å²) in [5.74, 6) is -0.00949. The van der Waals surface area contributed by atoms with Crippen LogP contribution in [-0.4, -0.2) is 24.4 Å². The summed E-state index contributed by atoms with van der Waals surface area (Å²) in [5, 5.41) is 10.6. The highest BCUT2D eigenvalue weighted by Gasteiger charge is 2.10. The molecule has 0 atom stereocenters. The fourth-order valence-corrected chi connectivity index (χ4v) is 3.24. The summed E-state index contributed by atoms with van der Waals surface area (Å²) in [5.41, 5.74) is 2.56. The predicted molar refractivity (Wildman–Crippen MR) is 97.9 cm³/mol. The van der Waals surface area contributed by atoms with E-state index in [1.807, 2.05) is 12.1 Å². The zero-order valence-corrected chi connectivity index (χ0v) is 14.2. The Bertz CT molecular complexity index is 708. The summed E-state index contributed by atoms with van der Waals surface area (Å²) < 4.78 is 0. The van der Waals surface area contributed by atoms with E-state index >= 15 is 0 Å². The van der Waals surface area contributed by atoms with Crippen LogP contribution in [0.1, 0.15) is 24.8 Å². The topological polar surface area (TPSA) is 35.8 Å². The number of phenolic OH excluding ortho intramolecular Hbond substituents is 1. The van der Waals surface area contributed by atoms with Crippen molar-refractivity contribution in [3.05, 3.63) is 52.0 Å². The van der Waals surface area contributed by atoms with Crippen LogP contribution >= 0.6 is 23.2 Å². The van der Waals surface area contributed by atoms with Crippen LogP contribution in [0, 0.1) is 0 Å².